The van der Waals surface area contributed by atoms with Gasteiger partial charge in [0.05, 0.1) is 5.92 Å². The Morgan fingerprint density at radius 2 is 1.84 bits per heavy atom. The number of rotatable bonds is 6. The van der Waals surface area contributed by atoms with E-state index >= 15 is 4.39 Å². The summed E-state index contributed by atoms with van der Waals surface area (Å²) in [5.41, 5.74) is 7.37. The van der Waals surface area contributed by atoms with Crippen molar-refractivity contribution in [3.05, 3.63) is 88.2 Å². The maximum atomic E-state index is 15.0. The van der Waals surface area contributed by atoms with Gasteiger partial charge in [0.25, 0.3) is 0 Å². The second-order valence-electron chi connectivity index (χ2n) is 12.5. The fourth-order valence-electron chi connectivity index (χ4n) is 7.59. The summed E-state index contributed by atoms with van der Waals surface area (Å²) in [7, 11) is 0. The molecule has 0 aliphatic heterocycles. The van der Waals surface area contributed by atoms with Crippen LogP contribution in [-0.4, -0.2) is 11.1 Å². The van der Waals surface area contributed by atoms with E-state index < -0.39 is 5.97 Å². The Balaban J connectivity index is 1.30. The van der Waals surface area contributed by atoms with E-state index in [1.54, 1.807) is 6.07 Å². The van der Waals surface area contributed by atoms with Crippen molar-refractivity contribution in [2.75, 3.05) is 0 Å². The van der Waals surface area contributed by atoms with Crippen LogP contribution in [0.4, 0.5) is 4.39 Å². The number of carboxylic acid groups (broad SMARTS) is 1. The van der Waals surface area contributed by atoms with Gasteiger partial charge in [0.2, 0.25) is 0 Å². The lowest BCUT2D eigenvalue weighted by atomic mass is 9.57. The van der Waals surface area contributed by atoms with Crippen molar-refractivity contribution >= 4 is 5.97 Å². The number of halogens is 1. The largest absolute Gasteiger partial charge is 0.489 e. The van der Waals surface area contributed by atoms with Crippen molar-refractivity contribution in [1.29, 1.82) is 0 Å². The van der Waals surface area contributed by atoms with Crippen LogP contribution in [0.3, 0.4) is 0 Å². The maximum absolute atomic E-state index is 15.0. The van der Waals surface area contributed by atoms with Gasteiger partial charge in [-0.15, -0.1) is 0 Å². The summed E-state index contributed by atoms with van der Waals surface area (Å²) in [6, 6.07) is 17.9. The molecule has 6 rings (SSSR count). The molecule has 0 bridgehead atoms. The van der Waals surface area contributed by atoms with Gasteiger partial charge in [0.15, 0.2) is 0 Å². The van der Waals surface area contributed by atoms with E-state index in [2.05, 4.69) is 44.2 Å². The number of hydrogen-bond donors (Lipinski definition) is 1. The van der Waals surface area contributed by atoms with Gasteiger partial charge >= 0.3 is 5.97 Å². The molecular weight excluding hydrogens is 475 g/mol. The first kappa shape index (κ1) is 25.2. The zero-order valence-corrected chi connectivity index (χ0v) is 22.6. The smallest absolute Gasteiger partial charge is 0.307 e. The fraction of sp³-hybridized carbons (Fsp3) is 0.441. The van der Waals surface area contributed by atoms with Gasteiger partial charge in [-0.1, -0.05) is 56.2 Å². The first-order valence-electron chi connectivity index (χ1n) is 14.1. The molecule has 0 radical (unpaired) electrons. The highest BCUT2D eigenvalue weighted by Crippen LogP contribution is 2.57. The molecule has 0 amide bonds. The molecule has 0 heterocycles. The predicted octanol–water partition coefficient (Wildman–Crippen LogP) is 8.35. The Labute approximate surface area is 225 Å². The lowest BCUT2D eigenvalue weighted by molar-refractivity contribution is -0.149. The lowest BCUT2D eigenvalue weighted by Crippen LogP contribution is -2.46. The molecule has 0 unspecified atom stereocenters. The third-order valence-corrected chi connectivity index (χ3v) is 9.87. The molecular formula is C34H37FO3. The van der Waals surface area contributed by atoms with Gasteiger partial charge in [-0.25, -0.2) is 4.39 Å². The quantitative estimate of drug-likeness (QED) is 0.361. The first-order valence-corrected chi connectivity index (χ1v) is 14.1. The van der Waals surface area contributed by atoms with E-state index in [9.17, 15) is 9.90 Å². The van der Waals surface area contributed by atoms with Crippen LogP contribution in [0.15, 0.2) is 54.6 Å². The summed E-state index contributed by atoms with van der Waals surface area (Å²) in [6.07, 6.45) is 7.02. The van der Waals surface area contributed by atoms with Crippen molar-refractivity contribution in [3.63, 3.8) is 0 Å². The zero-order chi connectivity index (χ0) is 26.7. The summed E-state index contributed by atoms with van der Waals surface area (Å²) in [4.78, 5) is 11.8. The fourth-order valence-corrected chi connectivity index (χ4v) is 7.59. The molecule has 2 saturated carbocycles. The van der Waals surface area contributed by atoms with Crippen LogP contribution in [0, 0.1) is 24.1 Å². The summed E-state index contributed by atoms with van der Waals surface area (Å²) in [5.74, 6) is 0.00888. The summed E-state index contributed by atoms with van der Waals surface area (Å²) < 4.78 is 21.3. The number of benzene rings is 3. The van der Waals surface area contributed by atoms with E-state index in [1.165, 1.54) is 29.5 Å². The molecule has 0 aromatic heterocycles. The second kappa shape index (κ2) is 9.25. The first-order chi connectivity index (χ1) is 18.2. The Hall–Kier alpha value is -3.14. The highest BCUT2D eigenvalue weighted by atomic mass is 19.1. The van der Waals surface area contributed by atoms with Crippen LogP contribution in [0.1, 0.15) is 86.1 Å². The van der Waals surface area contributed by atoms with Gasteiger partial charge in [0, 0.05) is 11.0 Å². The summed E-state index contributed by atoms with van der Waals surface area (Å²) in [5, 5.41) is 9.74. The predicted molar refractivity (Wildman–Crippen MR) is 148 cm³/mol. The molecule has 3 nitrogen and oxygen atoms in total. The average Bonchev–Trinajstić information content (AvgIpc) is 3.43. The lowest BCUT2D eigenvalue weighted by Gasteiger charge is -2.45. The third kappa shape index (κ3) is 4.13. The van der Waals surface area contributed by atoms with Crippen molar-refractivity contribution in [1.82, 2.24) is 0 Å². The van der Waals surface area contributed by atoms with Gasteiger partial charge < -0.3 is 9.84 Å². The minimum Gasteiger partial charge on any atom is -0.489 e. The monoisotopic (exact) mass is 512 g/mol. The Morgan fingerprint density at radius 1 is 1.00 bits per heavy atom. The molecule has 198 valence electrons. The molecule has 3 aromatic rings. The van der Waals surface area contributed by atoms with Crippen LogP contribution in [-0.2, 0) is 23.2 Å². The van der Waals surface area contributed by atoms with E-state index in [1.807, 2.05) is 25.1 Å². The molecule has 4 heteroatoms. The SMILES string of the molecule is Cc1ccc(F)c(-c2ccc(COc3ccc4c(c3)[C@]3(CC4)CC[C@H]3C(=O)O)cc2[C@@H]2CCCC2(C)C)c1. The van der Waals surface area contributed by atoms with Crippen LogP contribution in [0.2, 0.25) is 0 Å². The Kier molecular flexibility index (Phi) is 6.13. The number of aliphatic carboxylic acids is 1. The second-order valence-corrected chi connectivity index (χ2v) is 12.5. The maximum Gasteiger partial charge on any atom is 0.307 e. The summed E-state index contributed by atoms with van der Waals surface area (Å²) >= 11 is 0. The minimum atomic E-state index is -0.678. The highest BCUT2D eigenvalue weighted by molar-refractivity contribution is 5.75. The Morgan fingerprint density at radius 3 is 2.55 bits per heavy atom. The van der Waals surface area contributed by atoms with E-state index in [0.717, 1.165) is 54.5 Å². The van der Waals surface area contributed by atoms with Crippen molar-refractivity contribution < 1.29 is 19.0 Å². The Bertz CT molecular complexity index is 1410. The van der Waals surface area contributed by atoms with Gasteiger partial charge in [-0.05, 0) is 109 Å². The molecule has 3 aliphatic rings. The highest BCUT2D eigenvalue weighted by Gasteiger charge is 2.54. The van der Waals surface area contributed by atoms with E-state index in [4.69, 9.17) is 4.74 Å². The van der Waals surface area contributed by atoms with Gasteiger partial charge in [0.1, 0.15) is 18.2 Å². The molecule has 1 spiro atoms. The molecule has 38 heavy (non-hydrogen) atoms. The van der Waals surface area contributed by atoms with Crippen molar-refractivity contribution in [2.45, 2.75) is 83.7 Å². The van der Waals surface area contributed by atoms with Crippen molar-refractivity contribution in [2.24, 2.45) is 11.3 Å². The molecule has 1 N–H and O–H groups in total. The number of ether oxygens (including phenoxy) is 1. The van der Waals surface area contributed by atoms with Gasteiger partial charge in [-0.2, -0.15) is 0 Å². The van der Waals surface area contributed by atoms with Crippen molar-refractivity contribution in [3.8, 4) is 16.9 Å². The van der Waals surface area contributed by atoms with Crippen LogP contribution in [0.5, 0.6) is 5.75 Å². The molecule has 0 saturated heterocycles. The van der Waals surface area contributed by atoms with Crippen LogP contribution < -0.4 is 4.74 Å². The topological polar surface area (TPSA) is 46.5 Å². The number of hydrogen-bond acceptors (Lipinski definition) is 2. The van der Waals surface area contributed by atoms with Gasteiger partial charge in [-0.3, -0.25) is 4.79 Å². The number of fused-ring (bicyclic) bond motifs is 2. The third-order valence-electron chi connectivity index (χ3n) is 9.87. The van der Waals surface area contributed by atoms with Crippen LogP contribution >= 0.6 is 0 Å². The van der Waals surface area contributed by atoms with E-state index in [-0.39, 0.29) is 22.6 Å². The van der Waals surface area contributed by atoms with Crippen LogP contribution in [0.25, 0.3) is 11.1 Å². The zero-order valence-electron chi connectivity index (χ0n) is 22.6. The average molecular weight is 513 g/mol. The number of carbonyl (C=O) groups is 1. The van der Waals surface area contributed by atoms with E-state index in [0.29, 0.717) is 18.1 Å². The number of carboxylic acids is 1. The number of aryl methyl sites for hydroxylation is 2. The molecule has 3 aliphatic carbocycles. The normalized spacial score (nSPS) is 25.3. The molecule has 3 aromatic carbocycles. The summed E-state index contributed by atoms with van der Waals surface area (Å²) in [6.45, 7) is 7.09. The molecule has 2 fully saturated rings. The minimum absolute atomic E-state index is 0.159. The standard InChI is InChI=1S/C34H37FO3/c1-21-6-11-31(35)27(17-21)25-10-7-22(18-26(25)28-5-4-14-33(28,2)3)20-38-24-9-8-23-12-15-34(30(23)19-24)16-13-29(34)32(36)37/h6-11,17-19,28-29H,4-5,12-16,20H2,1-3H3,(H,36,37)/t28-,29-,34+/m0/s1. The molecule has 3 atom stereocenters.